The molecule has 0 atom stereocenters. The molecule has 0 saturated heterocycles. The molecule has 2 N–H and O–H groups in total. The molecule has 11 heteroatoms. The smallest absolute Gasteiger partial charge is 0.383 e. The van der Waals surface area contributed by atoms with Crippen LogP contribution in [0.2, 0.25) is 0 Å². The number of benzene rings is 1. The minimum atomic E-state index is -4.62. The Morgan fingerprint density at radius 2 is 1.92 bits per heavy atom. The SMILES string of the molecule is COCCNc1ncnc(Nc2ccccc2C(F)(F)F)c1[N+](=O)[O-]. The molecule has 25 heavy (non-hydrogen) atoms. The monoisotopic (exact) mass is 357 g/mol. The lowest BCUT2D eigenvalue weighted by molar-refractivity contribution is -0.383. The molecule has 0 unspecified atom stereocenters. The number of anilines is 3. The summed E-state index contributed by atoms with van der Waals surface area (Å²) in [5, 5.41) is 16.4. The number of ether oxygens (including phenoxy) is 1. The van der Waals surface area contributed by atoms with Gasteiger partial charge in [0.05, 0.1) is 22.8 Å². The Morgan fingerprint density at radius 3 is 2.56 bits per heavy atom. The van der Waals surface area contributed by atoms with Gasteiger partial charge in [0.15, 0.2) is 0 Å². The molecule has 0 fully saturated rings. The number of alkyl halides is 3. The average molecular weight is 357 g/mol. The maximum Gasteiger partial charge on any atom is 0.418 e. The van der Waals surface area contributed by atoms with Gasteiger partial charge in [0.25, 0.3) is 0 Å². The predicted molar refractivity (Wildman–Crippen MR) is 83.8 cm³/mol. The summed E-state index contributed by atoms with van der Waals surface area (Å²) in [4.78, 5) is 18.0. The topological polar surface area (TPSA) is 102 Å². The van der Waals surface area contributed by atoms with Crippen LogP contribution in [0.25, 0.3) is 0 Å². The standard InChI is InChI=1S/C14H14F3N5O3/c1-25-7-6-18-12-11(22(23)24)13(20-8-19-12)21-10-5-3-2-4-9(10)14(15,16)17/h2-5,8H,6-7H2,1H3,(H2,18,19,20,21). The molecule has 8 nitrogen and oxygen atoms in total. The van der Waals surface area contributed by atoms with E-state index >= 15 is 0 Å². The zero-order chi connectivity index (χ0) is 18.4. The Labute approximate surface area is 140 Å². The first-order chi connectivity index (χ1) is 11.8. The molecule has 1 heterocycles. The minimum Gasteiger partial charge on any atom is -0.383 e. The van der Waals surface area contributed by atoms with Gasteiger partial charge >= 0.3 is 11.9 Å². The fourth-order valence-corrected chi connectivity index (χ4v) is 2.01. The summed E-state index contributed by atoms with van der Waals surface area (Å²) in [6, 6.07) is 4.63. The summed E-state index contributed by atoms with van der Waals surface area (Å²) in [5.74, 6) is -0.472. The second-order valence-corrected chi connectivity index (χ2v) is 4.76. The Kier molecular flexibility index (Phi) is 5.70. The number of hydrogen-bond acceptors (Lipinski definition) is 7. The first kappa shape index (κ1) is 18.4. The van der Waals surface area contributed by atoms with Crippen molar-refractivity contribution in [3.63, 3.8) is 0 Å². The van der Waals surface area contributed by atoms with Crippen LogP contribution >= 0.6 is 0 Å². The quantitative estimate of drug-likeness (QED) is 0.446. The molecule has 0 aliphatic carbocycles. The van der Waals surface area contributed by atoms with E-state index < -0.39 is 22.4 Å². The molecule has 134 valence electrons. The zero-order valence-electron chi connectivity index (χ0n) is 13.0. The van der Waals surface area contributed by atoms with Crippen LogP contribution in [0.3, 0.4) is 0 Å². The number of nitrogens with zero attached hydrogens (tertiary/aromatic N) is 3. The Balaban J connectivity index is 2.40. The van der Waals surface area contributed by atoms with Crippen molar-refractivity contribution < 1.29 is 22.8 Å². The average Bonchev–Trinajstić information content (AvgIpc) is 2.54. The number of hydrogen-bond donors (Lipinski definition) is 2. The lowest BCUT2D eigenvalue weighted by Gasteiger charge is -2.14. The number of nitro groups is 1. The molecule has 0 radical (unpaired) electrons. The largest absolute Gasteiger partial charge is 0.418 e. The van der Waals surface area contributed by atoms with Gasteiger partial charge in [-0.05, 0) is 12.1 Å². The van der Waals surface area contributed by atoms with Crippen LogP contribution in [-0.4, -0.2) is 35.2 Å². The number of para-hydroxylation sites is 1. The van der Waals surface area contributed by atoms with Crippen molar-refractivity contribution in [3.05, 3.63) is 46.3 Å². The number of nitrogens with one attached hydrogen (secondary N) is 2. The molecule has 0 spiro atoms. The summed E-state index contributed by atoms with van der Waals surface area (Å²) in [7, 11) is 1.46. The van der Waals surface area contributed by atoms with Crippen LogP contribution < -0.4 is 10.6 Å². The molecule has 2 aromatic rings. The molecule has 0 aliphatic heterocycles. The summed E-state index contributed by atoms with van der Waals surface area (Å²) >= 11 is 0. The number of methoxy groups -OCH3 is 1. The van der Waals surface area contributed by atoms with E-state index in [1.54, 1.807) is 0 Å². The van der Waals surface area contributed by atoms with E-state index in [-0.39, 0.29) is 30.5 Å². The fourth-order valence-electron chi connectivity index (χ4n) is 2.01. The first-order valence-corrected chi connectivity index (χ1v) is 7.00. The van der Waals surface area contributed by atoms with Crippen LogP contribution in [-0.2, 0) is 10.9 Å². The lowest BCUT2D eigenvalue weighted by atomic mass is 10.1. The van der Waals surface area contributed by atoms with Gasteiger partial charge in [-0.25, -0.2) is 9.97 Å². The summed E-state index contributed by atoms with van der Waals surface area (Å²) in [5.41, 5.74) is -1.87. The van der Waals surface area contributed by atoms with E-state index in [1.165, 1.54) is 19.2 Å². The van der Waals surface area contributed by atoms with Crippen molar-refractivity contribution in [1.82, 2.24) is 9.97 Å². The number of halogens is 3. The summed E-state index contributed by atoms with van der Waals surface area (Å²) in [6.07, 6.45) is -3.61. The van der Waals surface area contributed by atoms with Crippen molar-refractivity contribution in [2.75, 3.05) is 30.9 Å². The molecule has 0 amide bonds. The molecule has 2 rings (SSSR count). The summed E-state index contributed by atoms with van der Waals surface area (Å²) in [6.45, 7) is 0.494. The van der Waals surface area contributed by atoms with E-state index in [0.29, 0.717) is 0 Å². The zero-order valence-corrected chi connectivity index (χ0v) is 13.0. The van der Waals surface area contributed by atoms with Gasteiger partial charge in [-0.15, -0.1) is 0 Å². The second kappa shape index (κ2) is 7.75. The van der Waals surface area contributed by atoms with Crippen LogP contribution in [0.5, 0.6) is 0 Å². The van der Waals surface area contributed by atoms with E-state index in [1.807, 2.05) is 0 Å². The number of rotatable bonds is 7. The third-order valence-electron chi connectivity index (χ3n) is 3.09. The van der Waals surface area contributed by atoms with E-state index in [4.69, 9.17) is 4.74 Å². The van der Waals surface area contributed by atoms with E-state index in [2.05, 4.69) is 20.6 Å². The van der Waals surface area contributed by atoms with Crippen molar-refractivity contribution in [1.29, 1.82) is 0 Å². The lowest BCUT2D eigenvalue weighted by Crippen LogP contribution is -2.13. The molecule has 0 saturated carbocycles. The highest BCUT2D eigenvalue weighted by Crippen LogP contribution is 2.38. The Morgan fingerprint density at radius 1 is 1.24 bits per heavy atom. The Bertz CT molecular complexity index is 755. The van der Waals surface area contributed by atoms with Crippen molar-refractivity contribution in [2.45, 2.75) is 6.18 Å². The first-order valence-electron chi connectivity index (χ1n) is 7.00. The van der Waals surface area contributed by atoms with Gasteiger partial charge < -0.3 is 15.4 Å². The molecular weight excluding hydrogens is 343 g/mol. The van der Waals surface area contributed by atoms with Crippen molar-refractivity contribution >= 4 is 23.0 Å². The summed E-state index contributed by atoms with van der Waals surface area (Å²) < 4.78 is 44.0. The van der Waals surface area contributed by atoms with Gasteiger partial charge in [0, 0.05) is 13.7 Å². The highest BCUT2D eigenvalue weighted by Gasteiger charge is 2.34. The Hall–Kier alpha value is -2.95. The predicted octanol–water partition coefficient (Wildman–Crippen LogP) is 3.21. The fraction of sp³-hybridized carbons (Fsp3) is 0.286. The van der Waals surface area contributed by atoms with Gasteiger partial charge in [0.1, 0.15) is 6.33 Å². The van der Waals surface area contributed by atoms with Crippen LogP contribution in [0.1, 0.15) is 5.56 Å². The van der Waals surface area contributed by atoms with Gasteiger partial charge in [-0.1, -0.05) is 12.1 Å². The van der Waals surface area contributed by atoms with Crippen LogP contribution in [0.4, 0.5) is 36.2 Å². The molecule has 0 aliphatic rings. The molecule has 1 aromatic heterocycles. The highest BCUT2D eigenvalue weighted by molar-refractivity contribution is 5.74. The van der Waals surface area contributed by atoms with Crippen molar-refractivity contribution in [3.8, 4) is 0 Å². The second-order valence-electron chi connectivity index (χ2n) is 4.76. The third kappa shape index (κ3) is 4.53. The number of aromatic nitrogens is 2. The highest BCUT2D eigenvalue weighted by atomic mass is 19.4. The maximum absolute atomic E-state index is 13.1. The maximum atomic E-state index is 13.1. The molecule has 1 aromatic carbocycles. The van der Waals surface area contributed by atoms with E-state index in [0.717, 1.165) is 18.5 Å². The van der Waals surface area contributed by atoms with Gasteiger partial charge in [0.2, 0.25) is 11.6 Å². The van der Waals surface area contributed by atoms with Crippen LogP contribution in [0, 0.1) is 10.1 Å². The minimum absolute atomic E-state index is 0.121. The molecular formula is C14H14F3N5O3. The van der Waals surface area contributed by atoms with E-state index in [9.17, 15) is 23.3 Å². The van der Waals surface area contributed by atoms with Crippen molar-refractivity contribution in [2.24, 2.45) is 0 Å². The van der Waals surface area contributed by atoms with Crippen LogP contribution in [0.15, 0.2) is 30.6 Å². The van der Waals surface area contributed by atoms with Gasteiger partial charge in [-0.2, -0.15) is 13.2 Å². The van der Waals surface area contributed by atoms with Gasteiger partial charge in [-0.3, -0.25) is 10.1 Å². The normalized spacial score (nSPS) is 11.2. The molecule has 0 bridgehead atoms. The third-order valence-corrected chi connectivity index (χ3v) is 3.09.